The Labute approximate surface area is 117 Å². The summed E-state index contributed by atoms with van der Waals surface area (Å²) >= 11 is 1.55. The SMILES string of the molecule is COc1ccc(CS(=O)(=O)NCc2ccsc2)cc1. The molecule has 1 N–H and O–H groups in total. The Hall–Kier alpha value is -1.37. The van der Waals surface area contributed by atoms with Crippen molar-refractivity contribution in [3.05, 3.63) is 52.2 Å². The number of rotatable bonds is 6. The number of hydrogen-bond acceptors (Lipinski definition) is 4. The van der Waals surface area contributed by atoms with Gasteiger partial charge < -0.3 is 4.74 Å². The molecular formula is C13H15NO3S2. The Morgan fingerprint density at radius 2 is 1.89 bits per heavy atom. The lowest BCUT2D eigenvalue weighted by molar-refractivity contribution is 0.414. The average Bonchev–Trinajstić information content (AvgIpc) is 2.90. The van der Waals surface area contributed by atoms with Gasteiger partial charge in [0.05, 0.1) is 12.9 Å². The number of hydrogen-bond donors (Lipinski definition) is 1. The van der Waals surface area contributed by atoms with Crippen LogP contribution in [0.3, 0.4) is 0 Å². The maximum absolute atomic E-state index is 11.9. The first kappa shape index (κ1) is 14.0. The molecule has 0 radical (unpaired) electrons. The van der Waals surface area contributed by atoms with E-state index in [1.807, 2.05) is 16.8 Å². The first-order chi connectivity index (χ1) is 9.09. The van der Waals surface area contributed by atoms with Crippen LogP contribution in [0.15, 0.2) is 41.1 Å². The summed E-state index contributed by atoms with van der Waals surface area (Å²) in [7, 11) is -1.74. The molecule has 0 saturated heterocycles. The van der Waals surface area contributed by atoms with E-state index in [1.165, 1.54) is 0 Å². The molecule has 0 saturated carbocycles. The van der Waals surface area contributed by atoms with E-state index in [2.05, 4.69) is 4.72 Å². The van der Waals surface area contributed by atoms with Crippen molar-refractivity contribution >= 4 is 21.4 Å². The topological polar surface area (TPSA) is 55.4 Å². The number of ether oxygens (including phenoxy) is 1. The summed E-state index contributed by atoms with van der Waals surface area (Å²) in [4.78, 5) is 0. The highest BCUT2D eigenvalue weighted by atomic mass is 32.2. The zero-order valence-corrected chi connectivity index (χ0v) is 12.1. The van der Waals surface area contributed by atoms with Crippen LogP contribution in [0.1, 0.15) is 11.1 Å². The molecule has 0 unspecified atom stereocenters. The summed E-state index contributed by atoms with van der Waals surface area (Å²) in [5.74, 6) is 0.689. The summed E-state index contributed by atoms with van der Waals surface area (Å²) in [5.41, 5.74) is 1.71. The number of benzene rings is 1. The lowest BCUT2D eigenvalue weighted by Crippen LogP contribution is -2.24. The normalized spacial score (nSPS) is 11.4. The number of sulfonamides is 1. The molecular weight excluding hydrogens is 282 g/mol. The van der Waals surface area contributed by atoms with Gasteiger partial charge in [0.25, 0.3) is 0 Å². The largest absolute Gasteiger partial charge is 0.497 e. The number of nitrogens with one attached hydrogen (secondary N) is 1. The maximum Gasteiger partial charge on any atom is 0.216 e. The lowest BCUT2D eigenvalue weighted by atomic mass is 10.2. The molecule has 1 heterocycles. The highest BCUT2D eigenvalue weighted by molar-refractivity contribution is 7.88. The fourth-order valence-corrected chi connectivity index (χ4v) is 3.37. The van der Waals surface area contributed by atoms with Crippen molar-refractivity contribution in [1.29, 1.82) is 0 Å². The molecule has 1 aromatic heterocycles. The third kappa shape index (κ3) is 4.34. The van der Waals surface area contributed by atoms with Crippen molar-refractivity contribution in [2.45, 2.75) is 12.3 Å². The highest BCUT2D eigenvalue weighted by Gasteiger charge is 2.11. The third-order valence-electron chi connectivity index (χ3n) is 2.59. The molecule has 0 aliphatic carbocycles. The summed E-state index contributed by atoms with van der Waals surface area (Å²) < 4.78 is 31.4. The van der Waals surface area contributed by atoms with Gasteiger partial charge in [0.1, 0.15) is 5.75 Å². The van der Waals surface area contributed by atoms with Crippen molar-refractivity contribution in [1.82, 2.24) is 4.72 Å². The van der Waals surface area contributed by atoms with Crippen LogP contribution in [0, 0.1) is 0 Å². The Kier molecular flexibility index (Phi) is 4.57. The molecule has 19 heavy (non-hydrogen) atoms. The smallest absolute Gasteiger partial charge is 0.216 e. The quantitative estimate of drug-likeness (QED) is 0.890. The van der Waals surface area contributed by atoms with E-state index in [1.54, 1.807) is 42.7 Å². The highest BCUT2D eigenvalue weighted by Crippen LogP contribution is 2.13. The molecule has 0 aliphatic heterocycles. The molecule has 6 heteroatoms. The molecule has 4 nitrogen and oxygen atoms in total. The van der Waals surface area contributed by atoms with Gasteiger partial charge in [-0.3, -0.25) is 0 Å². The summed E-state index contributed by atoms with van der Waals surface area (Å²) in [5, 5.41) is 3.85. The van der Waals surface area contributed by atoms with Gasteiger partial charge in [-0.2, -0.15) is 11.3 Å². The summed E-state index contributed by atoms with van der Waals surface area (Å²) in [6.07, 6.45) is 0. The fraction of sp³-hybridized carbons (Fsp3) is 0.231. The lowest BCUT2D eigenvalue weighted by Gasteiger charge is -2.06. The van der Waals surface area contributed by atoms with Gasteiger partial charge in [0.15, 0.2) is 0 Å². The Morgan fingerprint density at radius 1 is 1.16 bits per heavy atom. The first-order valence-electron chi connectivity index (χ1n) is 5.70. The van der Waals surface area contributed by atoms with Crippen LogP contribution in [0.25, 0.3) is 0 Å². The molecule has 0 bridgehead atoms. The summed E-state index contributed by atoms with van der Waals surface area (Å²) in [6, 6.07) is 8.92. The standard InChI is InChI=1S/C13H15NO3S2/c1-17-13-4-2-11(3-5-13)10-19(15,16)14-8-12-6-7-18-9-12/h2-7,9,14H,8,10H2,1H3. The van der Waals surface area contributed by atoms with Gasteiger partial charge in [-0.05, 0) is 40.1 Å². The minimum absolute atomic E-state index is 0.0267. The van der Waals surface area contributed by atoms with E-state index in [4.69, 9.17) is 4.74 Å². The van der Waals surface area contributed by atoms with Gasteiger partial charge >= 0.3 is 0 Å². The maximum atomic E-state index is 11.9. The van der Waals surface area contributed by atoms with E-state index >= 15 is 0 Å². The minimum Gasteiger partial charge on any atom is -0.497 e. The monoisotopic (exact) mass is 297 g/mol. The van der Waals surface area contributed by atoms with Gasteiger partial charge in [-0.15, -0.1) is 0 Å². The number of thiophene rings is 1. The van der Waals surface area contributed by atoms with E-state index in [9.17, 15) is 8.42 Å². The van der Waals surface area contributed by atoms with Crippen LogP contribution in [-0.2, 0) is 22.3 Å². The predicted octanol–water partition coefficient (Wildman–Crippen LogP) is 2.38. The predicted molar refractivity (Wildman–Crippen MR) is 76.8 cm³/mol. The third-order valence-corrected chi connectivity index (χ3v) is 4.62. The second kappa shape index (κ2) is 6.18. The van der Waals surface area contributed by atoms with Crippen molar-refractivity contribution in [3.8, 4) is 5.75 Å². The Balaban J connectivity index is 1.96. The molecule has 0 spiro atoms. The molecule has 102 valence electrons. The second-order valence-electron chi connectivity index (χ2n) is 4.06. The van der Waals surface area contributed by atoms with Gasteiger partial charge in [0, 0.05) is 6.54 Å². The van der Waals surface area contributed by atoms with Crippen LogP contribution in [0.2, 0.25) is 0 Å². The molecule has 0 fully saturated rings. The van der Waals surface area contributed by atoms with Crippen LogP contribution in [-0.4, -0.2) is 15.5 Å². The van der Waals surface area contributed by atoms with Crippen LogP contribution >= 0.6 is 11.3 Å². The van der Waals surface area contributed by atoms with Gasteiger partial charge in [0.2, 0.25) is 10.0 Å². The minimum atomic E-state index is -3.32. The number of methoxy groups -OCH3 is 1. The van der Waals surface area contributed by atoms with E-state index in [0.717, 1.165) is 11.1 Å². The zero-order chi connectivity index (χ0) is 13.7. The molecule has 2 aromatic rings. The Bertz CT molecular complexity index is 604. The van der Waals surface area contributed by atoms with Crippen LogP contribution < -0.4 is 9.46 Å². The Morgan fingerprint density at radius 3 is 2.47 bits per heavy atom. The van der Waals surface area contributed by atoms with Crippen molar-refractivity contribution < 1.29 is 13.2 Å². The van der Waals surface area contributed by atoms with Crippen LogP contribution in [0.4, 0.5) is 0 Å². The fourth-order valence-electron chi connectivity index (χ4n) is 1.58. The molecule has 0 aliphatic rings. The van der Waals surface area contributed by atoms with Crippen molar-refractivity contribution in [3.63, 3.8) is 0 Å². The molecule has 0 amide bonds. The van der Waals surface area contributed by atoms with Crippen LogP contribution in [0.5, 0.6) is 5.75 Å². The van der Waals surface area contributed by atoms with E-state index in [-0.39, 0.29) is 5.75 Å². The molecule has 2 rings (SSSR count). The van der Waals surface area contributed by atoms with Gasteiger partial charge in [-0.1, -0.05) is 12.1 Å². The van der Waals surface area contributed by atoms with E-state index in [0.29, 0.717) is 12.3 Å². The zero-order valence-electron chi connectivity index (χ0n) is 10.5. The van der Waals surface area contributed by atoms with E-state index < -0.39 is 10.0 Å². The first-order valence-corrected chi connectivity index (χ1v) is 8.30. The van der Waals surface area contributed by atoms with Crippen molar-refractivity contribution in [2.75, 3.05) is 7.11 Å². The molecule has 1 aromatic carbocycles. The average molecular weight is 297 g/mol. The summed E-state index contributed by atoms with van der Waals surface area (Å²) in [6.45, 7) is 0.335. The molecule has 0 atom stereocenters. The van der Waals surface area contributed by atoms with Gasteiger partial charge in [-0.25, -0.2) is 13.1 Å². The second-order valence-corrected chi connectivity index (χ2v) is 6.65. The van der Waals surface area contributed by atoms with Crippen molar-refractivity contribution in [2.24, 2.45) is 0 Å².